The lowest BCUT2D eigenvalue weighted by Crippen LogP contribution is -2.26. The van der Waals surface area contributed by atoms with Crippen LogP contribution in [0, 0.1) is 0 Å². The van der Waals surface area contributed by atoms with Crippen molar-refractivity contribution < 1.29 is 9.52 Å². The fourth-order valence-corrected chi connectivity index (χ4v) is 2.79. The van der Waals surface area contributed by atoms with Gasteiger partial charge in [-0.05, 0) is 17.7 Å². The van der Waals surface area contributed by atoms with E-state index in [0.29, 0.717) is 29.8 Å². The Morgan fingerprint density at radius 3 is 2.50 bits per heavy atom. The predicted octanol–water partition coefficient (Wildman–Crippen LogP) is 3.99. The zero-order valence-corrected chi connectivity index (χ0v) is 14.0. The summed E-state index contributed by atoms with van der Waals surface area (Å²) >= 11 is 6.20. The van der Waals surface area contributed by atoms with Gasteiger partial charge in [0.05, 0.1) is 24.4 Å². The monoisotopic (exact) mass is 342 g/mol. The highest BCUT2D eigenvalue weighted by molar-refractivity contribution is 6.33. The topological polar surface area (TPSA) is 49.5 Å². The number of hydrogen-bond donors (Lipinski definition) is 1. The zero-order valence-electron chi connectivity index (χ0n) is 13.2. The van der Waals surface area contributed by atoms with Crippen LogP contribution in [0.2, 0.25) is 5.02 Å². The van der Waals surface area contributed by atoms with Gasteiger partial charge in [-0.2, -0.15) is 0 Å². The maximum Gasteiger partial charge on any atom is 0.209 e. The molecule has 0 bridgehead atoms. The summed E-state index contributed by atoms with van der Waals surface area (Å²) in [5.41, 5.74) is 2.01. The van der Waals surface area contributed by atoms with Crippen molar-refractivity contribution in [2.45, 2.75) is 13.1 Å². The standard InChI is InChI=1S/C19H19ClN2O2/c20-17-9-5-4-8-16(17)18-12-21-19(24-18)14-22(10-11-23)13-15-6-2-1-3-7-15/h1-9,12,23H,10-11,13-14H2. The van der Waals surface area contributed by atoms with E-state index in [1.165, 1.54) is 5.56 Å². The molecule has 0 radical (unpaired) electrons. The number of oxazole rings is 1. The first-order valence-electron chi connectivity index (χ1n) is 7.83. The average Bonchev–Trinajstić information content (AvgIpc) is 3.05. The smallest absolute Gasteiger partial charge is 0.209 e. The lowest BCUT2D eigenvalue weighted by atomic mass is 10.2. The zero-order chi connectivity index (χ0) is 16.8. The number of aliphatic hydroxyl groups excluding tert-OH is 1. The van der Waals surface area contributed by atoms with E-state index < -0.39 is 0 Å². The molecule has 0 fully saturated rings. The SMILES string of the molecule is OCCN(Cc1ccccc1)Cc1ncc(-c2ccccc2Cl)o1. The van der Waals surface area contributed by atoms with Crippen LogP contribution in [0.15, 0.2) is 65.2 Å². The highest BCUT2D eigenvalue weighted by Crippen LogP contribution is 2.28. The Bertz CT molecular complexity index is 774. The number of halogens is 1. The maximum absolute atomic E-state index is 9.30. The summed E-state index contributed by atoms with van der Waals surface area (Å²) in [6.45, 7) is 1.90. The van der Waals surface area contributed by atoms with Gasteiger partial charge >= 0.3 is 0 Å². The number of hydrogen-bond acceptors (Lipinski definition) is 4. The van der Waals surface area contributed by atoms with Crippen LogP contribution in [0.5, 0.6) is 0 Å². The van der Waals surface area contributed by atoms with Crippen molar-refractivity contribution in [3.63, 3.8) is 0 Å². The fraction of sp³-hybridized carbons (Fsp3) is 0.211. The molecule has 0 aliphatic carbocycles. The van der Waals surface area contributed by atoms with Crippen LogP contribution in [0.4, 0.5) is 0 Å². The normalized spacial score (nSPS) is 11.1. The molecule has 0 atom stereocenters. The van der Waals surface area contributed by atoms with Gasteiger partial charge in [0.15, 0.2) is 5.76 Å². The number of aliphatic hydroxyl groups is 1. The van der Waals surface area contributed by atoms with Crippen LogP contribution in [0.1, 0.15) is 11.5 Å². The van der Waals surface area contributed by atoms with Crippen molar-refractivity contribution in [2.24, 2.45) is 0 Å². The van der Waals surface area contributed by atoms with Gasteiger partial charge in [-0.3, -0.25) is 4.90 Å². The van der Waals surface area contributed by atoms with Crippen molar-refractivity contribution in [3.8, 4) is 11.3 Å². The number of nitrogens with zero attached hydrogens (tertiary/aromatic N) is 2. The molecular weight excluding hydrogens is 324 g/mol. The van der Waals surface area contributed by atoms with Crippen molar-refractivity contribution in [1.29, 1.82) is 0 Å². The third-order valence-corrected chi connectivity index (χ3v) is 4.05. The molecule has 1 N–H and O–H groups in total. The molecule has 3 rings (SSSR count). The summed E-state index contributed by atoms with van der Waals surface area (Å²) in [4.78, 5) is 6.44. The molecule has 0 unspecified atom stereocenters. The van der Waals surface area contributed by atoms with E-state index in [1.54, 1.807) is 6.20 Å². The lowest BCUT2D eigenvalue weighted by Gasteiger charge is -2.19. The first kappa shape index (κ1) is 16.7. The molecule has 0 saturated carbocycles. The van der Waals surface area contributed by atoms with Crippen LogP contribution >= 0.6 is 11.6 Å². The second kappa shape index (κ2) is 8.11. The van der Waals surface area contributed by atoms with Crippen molar-refractivity contribution in [1.82, 2.24) is 9.88 Å². The number of rotatable bonds is 7. The van der Waals surface area contributed by atoms with Crippen molar-refractivity contribution in [3.05, 3.63) is 77.3 Å². The summed E-state index contributed by atoms with van der Waals surface area (Å²) in [7, 11) is 0. The first-order valence-corrected chi connectivity index (χ1v) is 8.21. The van der Waals surface area contributed by atoms with Gasteiger partial charge in [0.1, 0.15) is 0 Å². The molecule has 5 heteroatoms. The second-order valence-electron chi connectivity index (χ2n) is 5.52. The summed E-state index contributed by atoms with van der Waals surface area (Å²) < 4.78 is 5.85. The summed E-state index contributed by atoms with van der Waals surface area (Å²) in [5.74, 6) is 1.26. The van der Waals surface area contributed by atoms with E-state index in [0.717, 1.165) is 12.1 Å². The fourth-order valence-electron chi connectivity index (χ4n) is 2.56. The Morgan fingerprint density at radius 2 is 1.75 bits per heavy atom. The summed E-state index contributed by atoms with van der Waals surface area (Å²) in [6.07, 6.45) is 1.69. The molecular formula is C19H19ClN2O2. The molecule has 0 spiro atoms. The minimum Gasteiger partial charge on any atom is -0.439 e. The molecule has 0 amide bonds. The Labute approximate surface area is 146 Å². The van der Waals surface area contributed by atoms with Gasteiger partial charge in [0.2, 0.25) is 5.89 Å². The molecule has 0 saturated heterocycles. The van der Waals surface area contributed by atoms with Gasteiger partial charge in [-0.25, -0.2) is 4.98 Å². The van der Waals surface area contributed by atoms with E-state index in [2.05, 4.69) is 22.0 Å². The van der Waals surface area contributed by atoms with Crippen LogP contribution in [-0.2, 0) is 13.1 Å². The van der Waals surface area contributed by atoms with E-state index in [9.17, 15) is 5.11 Å². The molecule has 4 nitrogen and oxygen atoms in total. The van der Waals surface area contributed by atoms with Crippen LogP contribution in [-0.4, -0.2) is 28.1 Å². The third kappa shape index (κ3) is 4.23. The van der Waals surface area contributed by atoms with E-state index in [1.807, 2.05) is 42.5 Å². The van der Waals surface area contributed by atoms with E-state index in [4.69, 9.17) is 16.0 Å². The first-order chi connectivity index (χ1) is 11.8. The molecule has 1 aromatic heterocycles. The third-order valence-electron chi connectivity index (χ3n) is 3.72. The van der Waals surface area contributed by atoms with E-state index in [-0.39, 0.29) is 6.61 Å². The number of benzene rings is 2. The number of aromatic nitrogens is 1. The Kier molecular flexibility index (Phi) is 5.64. The quantitative estimate of drug-likeness (QED) is 0.705. The largest absolute Gasteiger partial charge is 0.439 e. The van der Waals surface area contributed by atoms with Crippen molar-refractivity contribution >= 4 is 11.6 Å². The Morgan fingerprint density at radius 1 is 1.00 bits per heavy atom. The molecule has 2 aromatic carbocycles. The highest BCUT2D eigenvalue weighted by atomic mass is 35.5. The highest BCUT2D eigenvalue weighted by Gasteiger charge is 2.13. The van der Waals surface area contributed by atoms with Gasteiger partial charge in [0.25, 0.3) is 0 Å². The molecule has 0 aliphatic heterocycles. The van der Waals surface area contributed by atoms with Crippen LogP contribution in [0.25, 0.3) is 11.3 Å². The van der Waals surface area contributed by atoms with E-state index >= 15 is 0 Å². The molecule has 1 heterocycles. The summed E-state index contributed by atoms with van der Waals surface area (Å²) in [6, 6.07) is 17.7. The predicted molar refractivity (Wildman–Crippen MR) is 94.6 cm³/mol. The molecule has 24 heavy (non-hydrogen) atoms. The molecule has 124 valence electrons. The van der Waals surface area contributed by atoms with Crippen LogP contribution in [0.3, 0.4) is 0 Å². The van der Waals surface area contributed by atoms with Gasteiger partial charge < -0.3 is 9.52 Å². The molecule has 0 aliphatic rings. The lowest BCUT2D eigenvalue weighted by molar-refractivity contribution is 0.173. The molecule has 3 aromatic rings. The second-order valence-corrected chi connectivity index (χ2v) is 5.93. The Hall–Kier alpha value is -2.14. The minimum atomic E-state index is 0.0882. The maximum atomic E-state index is 9.30. The van der Waals surface area contributed by atoms with Gasteiger partial charge in [-0.15, -0.1) is 0 Å². The average molecular weight is 343 g/mol. The van der Waals surface area contributed by atoms with Crippen LogP contribution < -0.4 is 0 Å². The van der Waals surface area contributed by atoms with Crippen molar-refractivity contribution in [2.75, 3.05) is 13.2 Å². The van der Waals surface area contributed by atoms with Gasteiger partial charge in [-0.1, -0.05) is 54.1 Å². The summed E-state index contributed by atoms with van der Waals surface area (Å²) in [5, 5.41) is 9.94. The minimum absolute atomic E-state index is 0.0882. The Balaban J connectivity index is 1.73. The van der Waals surface area contributed by atoms with Gasteiger partial charge in [0, 0.05) is 18.7 Å².